The molecule has 0 N–H and O–H groups in total. The van der Waals surface area contributed by atoms with Crippen LogP contribution in [0.3, 0.4) is 0 Å². The lowest BCUT2D eigenvalue weighted by molar-refractivity contribution is -0.126. The van der Waals surface area contributed by atoms with Crippen molar-refractivity contribution in [2.24, 2.45) is 5.41 Å². The topological polar surface area (TPSA) is 17.1 Å². The van der Waals surface area contributed by atoms with E-state index in [0.717, 1.165) is 19.3 Å². The maximum absolute atomic E-state index is 11.6. The molecule has 0 rings (SSSR count). The molecule has 0 saturated heterocycles. The summed E-state index contributed by atoms with van der Waals surface area (Å²) in [4.78, 5) is 11.6. The third-order valence-electron chi connectivity index (χ3n) is 3.64. The van der Waals surface area contributed by atoms with Gasteiger partial charge in [0.05, 0.1) is 0 Å². The Hall–Kier alpha value is 0.0200. The van der Waals surface area contributed by atoms with Gasteiger partial charge >= 0.3 is 0 Å². The molecule has 2 heteroatoms. The first-order valence-corrected chi connectivity index (χ1v) is 6.62. The van der Waals surface area contributed by atoms with Crippen molar-refractivity contribution in [2.45, 2.75) is 58.6 Å². The Kier molecular flexibility index (Phi) is 5.21. The second kappa shape index (κ2) is 5.20. The second-order valence-corrected chi connectivity index (χ2v) is 6.05. The van der Waals surface area contributed by atoms with Gasteiger partial charge in [0, 0.05) is 10.2 Å². The van der Waals surface area contributed by atoms with E-state index >= 15 is 0 Å². The van der Waals surface area contributed by atoms with E-state index in [0.29, 0.717) is 5.78 Å². The van der Waals surface area contributed by atoms with Crippen LogP contribution < -0.4 is 0 Å². The molecule has 0 aromatic carbocycles. The number of carbonyl (C=O) groups is 1. The van der Waals surface area contributed by atoms with Crippen LogP contribution in [-0.4, -0.2) is 16.8 Å². The summed E-state index contributed by atoms with van der Waals surface area (Å²) < 4.78 is 0.246. The molecule has 0 aliphatic rings. The fraction of sp³-hybridized carbons (Fsp3) is 0.917. The van der Waals surface area contributed by atoms with Gasteiger partial charge in [0.2, 0.25) is 0 Å². The molecule has 0 fully saturated rings. The molecule has 84 valence electrons. The van der Waals surface area contributed by atoms with Gasteiger partial charge in [-0.2, -0.15) is 11.8 Å². The predicted octanol–water partition coefficient (Wildman–Crippen LogP) is 3.91. The Morgan fingerprint density at radius 1 is 1.21 bits per heavy atom. The molecule has 0 radical (unpaired) electrons. The normalized spacial score (nSPS) is 19.9. The van der Waals surface area contributed by atoms with Gasteiger partial charge in [0.15, 0.2) is 0 Å². The molecule has 0 aliphatic heterocycles. The van der Waals surface area contributed by atoms with E-state index in [1.807, 2.05) is 11.8 Å². The molecule has 0 spiro atoms. The molecule has 14 heavy (non-hydrogen) atoms. The van der Waals surface area contributed by atoms with Crippen LogP contribution in [0.5, 0.6) is 0 Å². The summed E-state index contributed by atoms with van der Waals surface area (Å²) in [6.45, 7) is 10.4. The average Bonchev–Trinajstić information content (AvgIpc) is 2.17. The van der Waals surface area contributed by atoms with Crippen molar-refractivity contribution in [3.63, 3.8) is 0 Å². The zero-order chi connectivity index (χ0) is 11.4. The highest BCUT2D eigenvalue weighted by molar-refractivity contribution is 7.99. The Balaban J connectivity index is 4.67. The number of ketones is 1. The summed E-state index contributed by atoms with van der Waals surface area (Å²) >= 11 is 1.88. The highest BCUT2D eigenvalue weighted by atomic mass is 32.2. The number of rotatable bonds is 6. The number of hydrogen-bond acceptors (Lipinski definition) is 2. The van der Waals surface area contributed by atoms with E-state index in [4.69, 9.17) is 0 Å². The second-order valence-electron chi connectivity index (χ2n) is 4.65. The molecule has 1 nitrogen and oxygen atoms in total. The first kappa shape index (κ1) is 14.0. The summed E-state index contributed by atoms with van der Waals surface area (Å²) in [5.41, 5.74) is -0.131. The quantitative estimate of drug-likeness (QED) is 0.669. The maximum Gasteiger partial charge on any atom is 0.135 e. The van der Waals surface area contributed by atoms with Gasteiger partial charge in [-0.25, -0.2) is 0 Å². The molecule has 0 bridgehead atoms. The van der Waals surface area contributed by atoms with Crippen LogP contribution in [0.25, 0.3) is 0 Å². The fourth-order valence-corrected chi connectivity index (χ4v) is 2.42. The summed E-state index contributed by atoms with van der Waals surface area (Å²) in [6, 6.07) is 0. The average molecular weight is 216 g/mol. The first-order valence-electron chi connectivity index (χ1n) is 5.39. The summed E-state index contributed by atoms with van der Waals surface area (Å²) in [5, 5.41) is 0. The first-order chi connectivity index (χ1) is 6.33. The standard InChI is InChI=1S/C12H24OS/c1-7-11(4,10(3)13)9-12(5,8-2)14-6/h7-9H2,1-6H3/t11?,12-/m1/s1. The fourth-order valence-electron chi connectivity index (χ4n) is 1.67. The van der Waals surface area contributed by atoms with Gasteiger partial charge in [-0.3, -0.25) is 4.79 Å². The molecule has 0 aromatic heterocycles. The molecular formula is C12H24OS. The van der Waals surface area contributed by atoms with Gasteiger partial charge in [-0.05, 0) is 32.4 Å². The van der Waals surface area contributed by atoms with Crippen molar-refractivity contribution < 1.29 is 4.79 Å². The molecule has 1 unspecified atom stereocenters. The Morgan fingerprint density at radius 3 is 1.93 bits per heavy atom. The SMILES string of the molecule is CCC(C)(C[C@@](C)(CC)SC)C(C)=O. The third kappa shape index (κ3) is 3.30. The molecule has 0 aliphatic carbocycles. The van der Waals surface area contributed by atoms with Gasteiger partial charge in [0.1, 0.15) is 5.78 Å². The monoisotopic (exact) mass is 216 g/mol. The zero-order valence-electron chi connectivity index (χ0n) is 10.4. The molecule has 0 saturated carbocycles. The van der Waals surface area contributed by atoms with E-state index in [9.17, 15) is 4.79 Å². The van der Waals surface area contributed by atoms with Crippen molar-refractivity contribution in [1.29, 1.82) is 0 Å². The van der Waals surface area contributed by atoms with Crippen LogP contribution in [-0.2, 0) is 4.79 Å². The predicted molar refractivity (Wildman–Crippen MR) is 65.9 cm³/mol. The molecule has 0 aromatic rings. The number of hydrogen-bond donors (Lipinski definition) is 0. The smallest absolute Gasteiger partial charge is 0.135 e. The minimum Gasteiger partial charge on any atom is -0.299 e. The summed E-state index contributed by atoms with van der Waals surface area (Å²) in [5.74, 6) is 0.328. The van der Waals surface area contributed by atoms with E-state index in [-0.39, 0.29) is 10.2 Å². The van der Waals surface area contributed by atoms with Crippen molar-refractivity contribution >= 4 is 17.5 Å². The molecular weight excluding hydrogens is 192 g/mol. The maximum atomic E-state index is 11.6. The van der Waals surface area contributed by atoms with Crippen molar-refractivity contribution in [3.05, 3.63) is 0 Å². The number of carbonyl (C=O) groups excluding carboxylic acids is 1. The van der Waals surface area contributed by atoms with Crippen molar-refractivity contribution in [2.75, 3.05) is 6.26 Å². The Bertz CT molecular complexity index is 196. The van der Waals surface area contributed by atoms with Crippen LogP contribution in [0.4, 0.5) is 0 Å². The van der Waals surface area contributed by atoms with E-state index in [1.165, 1.54) is 0 Å². The molecule has 0 amide bonds. The van der Waals surface area contributed by atoms with Gasteiger partial charge in [0.25, 0.3) is 0 Å². The molecule has 2 atom stereocenters. The number of thioether (sulfide) groups is 1. The summed E-state index contributed by atoms with van der Waals surface area (Å²) in [6.07, 6.45) is 5.19. The van der Waals surface area contributed by atoms with Crippen molar-refractivity contribution in [1.82, 2.24) is 0 Å². The van der Waals surface area contributed by atoms with Crippen LogP contribution in [0.1, 0.15) is 53.9 Å². The minimum atomic E-state index is -0.131. The van der Waals surface area contributed by atoms with Gasteiger partial charge < -0.3 is 0 Å². The zero-order valence-corrected chi connectivity index (χ0v) is 11.3. The highest BCUT2D eigenvalue weighted by Gasteiger charge is 2.35. The highest BCUT2D eigenvalue weighted by Crippen LogP contribution is 2.40. The van der Waals surface area contributed by atoms with Crippen LogP contribution in [0, 0.1) is 5.41 Å². The van der Waals surface area contributed by atoms with Crippen molar-refractivity contribution in [3.8, 4) is 0 Å². The van der Waals surface area contributed by atoms with Crippen LogP contribution >= 0.6 is 11.8 Å². The number of Topliss-reactive ketones (excluding diaryl/α,β-unsaturated/α-hetero) is 1. The lowest BCUT2D eigenvalue weighted by Gasteiger charge is -2.36. The minimum absolute atomic E-state index is 0.131. The van der Waals surface area contributed by atoms with Gasteiger partial charge in [-0.1, -0.05) is 27.7 Å². The van der Waals surface area contributed by atoms with E-state index in [1.54, 1.807) is 6.92 Å². The molecule has 0 heterocycles. The Labute approximate surface area is 93.0 Å². The Morgan fingerprint density at radius 2 is 1.71 bits per heavy atom. The van der Waals surface area contributed by atoms with E-state index in [2.05, 4.69) is 34.0 Å². The van der Waals surface area contributed by atoms with E-state index < -0.39 is 0 Å². The summed E-state index contributed by atoms with van der Waals surface area (Å²) in [7, 11) is 0. The lowest BCUT2D eigenvalue weighted by Crippen LogP contribution is -2.34. The van der Waals surface area contributed by atoms with Crippen LogP contribution in [0.2, 0.25) is 0 Å². The largest absolute Gasteiger partial charge is 0.299 e. The van der Waals surface area contributed by atoms with Crippen LogP contribution in [0.15, 0.2) is 0 Å². The third-order valence-corrected chi connectivity index (χ3v) is 5.05. The van der Waals surface area contributed by atoms with Gasteiger partial charge in [-0.15, -0.1) is 0 Å². The lowest BCUT2D eigenvalue weighted by atomic mass is 9.75.